The minimum absolute atomic E-state index is 0.0236. The molecule has 2 rings (SSSR count). The van der Waals surface area contributed by atoms with Gasteiger partial charge < -0.3 is 15.0 Å². The van der Waals surface area contributed by atoms with Gasteiger partial charge in [-0.2, -0.15) is 0 Å². The van der Waals surface area contributed by atoms with E-state index in [9.17, 15) is 4.79 Å². The Morgan fingerprint density at radius 1 is 1.43 bits per heavy atom. The molecule has 1 aromatic carbocycles. The van der Waals surface area contributed by atoms with Crippen molar-refractivity contribution in [3.63, 3.8) is 0 Å². The lowest BCUT2D eigenvalue weighted by Crippen LogP contribution is -2.39. The molecule has 5 heteroatoms. The molecule has 0 aromatic heterocycles. The minimum atomic E-state index is -0.0236. The Labute approximate surface area is 131 Å². The summed E-state index contributed by atoms with van der Waals surface area (Å²) in [6.07, 6.45) is 3.29. The SMILES string of the molecule is CNCCC1CCN(C(=O)c2c(Cl)cccc2OC)CC1. The number of benzene rings is 1. The standard InChI is InChI=1S/C16H23ClN2O2/c1-18-9-6-12-7-10-19(11-8-12)16(20)15-13(17)4-3-5-14(15)21-2/h3-5,12,18H,6-11H2,1-2H3. The largest absolute Gasteiger partial charge is 0.496 e. The van der Waals surface area contributed by atoms with E-state index >= 15 is 0 Å². The highest BCUT2D eigenvalue weighted by Gasteiger charge is 2.26. The van der Waals surface area contributed by atoms with Crippen molar-refractivity contribution in [2.75, 3.05) is 33.8 Å². The third-order valence-corrected chi connectivity index (χ3v) is 4.43. The van der Waals surface area contributed by atoms with Gasteiger partial charge in [0.05, 0.1) is 12.1 Å². The van der Waals surface area contributed by atoms with Gasteiger partial charge in [-0.1, -0.05) is 17.7 Å². The van der Waals surface area contributed by atoms with Crippen LogP contribution in [0.25, 0.3) is 0 Å². The van der Waals surface area contributed by atoms with Gasteiger partial charge >= 0.3 is 0 Å². The van der Waals surface area contributed by atoms with Crippen LogP contribution in [0, 0.1) is 5.92 Å². The second kappa shape index (κ2) is 7.66. The van der Waals surface area contributed by atoms with Crippen LogP contribution in [-0.4, -0.2) is 44.6 Å². The molecule has 0 spiro atoms. The van der Waals surface area contributed by atoms with Crippen LogP contribution in [0.15, 0.2) is 18.2 Å². The summed E-state index contributed by atoms with van der Waals surface area (Å²) >= 11 is 6.18. The Bertz CT molecular complexity index is 485. The highest BCUT2D eigenvalue weighted by molar-refractivity contribution is 6.34. The van der Waals surface area contributed by atoms with E-state index in [1.54, 1.807) is 25.3 Å². The van der Waals surface area contributed by atoms with Crippen molar-refractivity contribution in [3.05, 3.63) is 28.8 Å². The fourth-order valence-electron chi connectivity index (χ4n) is 2.81. The molecule has 1 amide bonds. The first-order chi connectivity index (χ1) is 10.2. The lowest BCUT2D eigenvalue weighted by Gasteiger charge is -2.32. The number of carbonyl (C=O) groups is 1. The zero-order valence-electron chi connectivity index (χ0n) is 12.7. The Kier molecular flexibility index (Phi) is 5.88. The molecule has 0 unspecified atom stereocenters. The lowest BCUT2D eigenvalue weighted by atomic mass is 9.93. The van der Waals surface area contributed by atoms with E-state index in [2.05, 4.69) is 5.32 Å². The zero-order chi connectivity index (χ0) is 15.2. The molecule has 1 heterocycles. The summed E-state index contributed by atoms with van der Waals surface area (Å²) < 4.78 is 5.27. The van der Waals surface area contributed by atoms with E-state index in [4.69, 9.17) is 16.3 Å². The van der Waals surface area contributed by atoms with E-state index in [1.165, 1.54) is 6.42 Å². The minimum Gasteiger partial charge on any atom is -0.496 e. The number of methoxy groups -OCH3 is 1. The summed E-state index contributed by atoms with van der Waals surface area (Å²) in [6.45, 7) is 2.63. The van der Waals surface area contributed by atoms with Crippen LogP contribution in [-0.2, 0) is 0 Å². The smallest absolute Gasteiger partial charge is 0.259 e. The van der Waals surface area contributed by atoms with E-state index in [1.807, 2.05) is 11.9 Å². The molecule has 0 saturated carbocycles. The molecular weight excluding hydrogens is 288 g/mol. The maximum atomic E-state index is 12.7. The van der Waals surface area contributed by atoms with Gasteiger partial charge in [-0.25, -0.2) is 0 Å². The van der Waals surface area contributed by atoms with Crippen molar-refractivity contribution in [1.29, 1.82) is 0 Å². The fraction of sp³-hybridized carbons (Fsp3) is 0.562. The number of ether oxygens (including phenoxy) is 1. The summed E-state index contributed by atoms with van der Waals surface area (Å²) in [7, 11) is 3.54. The van der Waals surface area contributed by atoms with Gasteiger partial charge in [-0.15, -0.1) is 0 Å². The molecule has 0 aliphatic carbocycles. The molecule has 1 aromatic rings. The number of amides is 1. The van der Waals surface area contributed by atoms with Gasteiger partial charge in [0.2, 0.25) is 0 Å². The molecule has 0 radical (unpaired) electrons. The highest BCUT2D eigenvalue weighted by Crippen LogP contribution is 2.29. The Balaban J connectivity index is 2.02. The van der Waals surface area contributed by atoms with Crippen molar-refractivity contribution in [1.82, 2.24) is 10.2 Å². The summed E-state index contributed by atoms with van der Waals surface area (Å²) in [6, 6.07) is 5.30. The molecule has 1 fully saturated rings. The number of hydrogen-bond acceptors (Lipinski definition) is 3. The maximum Gasteiger partial charge on any atom is 0.259 e. The Morgan fingerprint density at radius 2 is 2.14 bits per heavy atom. The maximum absolute atomic E-state index is 12.7. The molecule has 0 bridgehead atoms. The third-order valence-electron chi connectivity index (χ3n) is 4.11. The van der Waals surface area contributed by atoms with Crippen LogP contribution < -0.4 is 10.1 Å². The number of nitrogens with zero attached hydrogens (tertiary/aromatic N) is 1. The number of rotatable bonds is 5. The van der Waals surface area contributed by atoms with Crippen LogP contribution >= 0.6 is 11.6 Å². The first-order valence-corrected chi connectivity index (χ1v) is 7.81. The highest BCUT2D eigenvalue weighted by atomic mass is 35.5. The molecule has 21 heavy (non-hydrogen) atoms. The molecule has 4 nitrogen and oxygen atoms in total. The monoisotopic (exact) mass is 310 g/mol. The van der Waals surface area contributed by atoms with Crippen LogP contribution in [0.1, 0.15) is 29.6 Å². The number of piperidine rings is 1. The van der Waals surface area contributed by atoms with Crippen LogP contribution in [0.3, 0.4) is 0 Å². The summed E-state index contributed by atoms with van der Waals surface area (Å²) in [5.74, 6) is 1.23. The quantitative estimate of drug-likeness (QED) is 0.909. The summed E-state index contributed by atoms with van der Waals surface area (Å²) in [4.78, 5) is 14.6. The lowest BCUT2D eigenvalue weighted by molar-refractivity contribution is 0.0684. The van der Waals surface area contributed by atoms with Gasteiger partial charge in [0.25, 0.3) is 5.91 Å². The van der Waals surface area contributed by atoms with Crippen LogP contribution in [0.2, 0.25) is 5.02 Å². The van der Waals surface area contributed by atoms with Crippen molar-refractivity contribution in [2.45, 2.75) is 19.3 Å². The molecule has 1 aliphatic heterocycles. The van der Waals surface area contributed by atoms with Gasteiger partial charge in [0.1, 0.15) is 11.3 Å². The number of likely N-dealkylation sites (tertiary alicyclic amines) is 1. The number of hydrogen-bond donors (Lipinski definition) is 1. The van der Waals surface area contributed by atoms with Crippen molar-refractivity contribution < 1.29 is 9.53 Å². The Hall–Kier alpha value is -1.26. The van der Waals surface area contributed by atoms with E-state index < -0.39 is 0 Å². The van der Waals surface area contributed by atoms with Gasteiger partial charge in [-0.05, 0) is 50.9 Å². The topological polar surface area (TPSA) is 41.6 Å². The average molecular weight is 311 g/mol. The number of halogens is 1. The molecule has 116 valence electrons. The normalized spacial score (nSPS) is 16.0. The molecule has 0 atom stereocenters. The van der Waals surface area contributed by atoms with Crippen LogP contribution in [0.5, 0.6) is 5.75 Å². The third kappa shape index (κ3) is 3.89. The van der Waals surface area contributed by atoms with Gasteiger partial charge in [0.15, 0.2) is 0 Å². The van der Waals surface area contributed by atoms with Crippen molar-refractivity contribution in [3.8, 4) is 5.75 Å². The molecular formula is C16H23ClN2O2. The molecule has 1 N–H and O–H groups in total. The predicted molar refractivity (Wildman–Crippen MR) is 85.2 cm³/mol. The second-order valence-corrected chi connectivity index (χ2v) is 5.85. The summed E-state index contributed by atoms with van der Waals surface area (Å²) in [5.41, 5.74) is 0.482. The van der Waals surface area contributed by atoms with Crippen molar-refractivity contribution >= 4 is 17.5 Å². The number of carbonyl (C=O) groups excluding carboxylic acids is 1. The first-order valence-electron chi connectivity index (χ1n) is 7.43. The molecule has 1 aliphatic rings. The van der Waals surface area contributed by atoms with Crippen LogP contribution in [0.4, 0.5) is 0 Å². The predicted octanol–water partition coefficient (Wildman–Crippen LogP) is 2.81. The van der Waals surface area contributed by atoms with E-state index in [-0.39, 0.29) is 5.91 Å². The van der Waals surface area contributed by atoms with Gasteiger partial charge in [0, 0.05) is 13.1 Å². The second-order valence-electron chi connectivity index (χ2n) is 5.44. The van der Waals surface area contributed by atoms with Crippen molar-refractivity contribution in [2.24, 2.45) is 5.92 Å². The number of nitrogens with one attached hydrogen (secondary N) is 1. The van der Waals surface area contributed by atoms with E-state index in [0.29, 0.717) is 22.3 Å². The summed E-state index contributed by atoms with van der Waals surface area (Å²) in [5, 5.41) is 3.64. The fourth-order valence-corrected chi connectivity index (χ4v) is 3.06. The Morgan fingerprint density at radius 3 is 2.76 bits per heavy atom. The van der Waals surface area contributed by atoms with E-state index in [0.717, 1.165) is 32.5 Å². The van der Waals surface area contributed by atoms with Gasteiger partial charge in [-0.3, -0.25) is 4.79 Å². The first kappa shape index (κ1) is 16.1. The molecule has 1 saturated heterocycles. The zero-order valence-corrected chi connectivity index (χ0v) is 13.4. The average Bonchev–Trinajstić information content (AvgIpc) is 2.52.